The van der Waals surface area contributed by atoms with E-state index in [1.165, 1.54) is 11.8 Å². The number of aromatic amines is 1. The average Bonchev–Trinajstić information content (AvgIpc) is 3.08. The van der Waals surface area contributed by atoms with Crippen molar-refractivity contribution in [3.63, 3.8) is 0 Å². The monoisotopic (exact) mass is 502 g/mol. The summed E-state index contributed by atoms with van der Waals surface area (Å²) in [6, 6.07) is 3.82. The molecule has 34 heavy (non-hydrogen) atoms. The number of aromatic nitrogens is 3. The number of carbonyl (C=O) groups excluding carboxylic acids is 1. The summed E-state index contributed by atoms with van der Waals surface area (Å²) in [5.41, 5.74) is 3.21. The second-order valence-electron chi connectivity index (χ2n) is 9.18. The highest BCUT2D eigenvalue weighted by molar-refractivity contribution is 7.98. The van der Waals surface area contributed by atoms with E-state index in [-0.39, 0.29) is 30.2 Å². The lowest BCUT2D eigenvalue weighted by Crippen LogP contribution is -2.28. The van der Waals surface area contributed by atoms with Crippen LogP contribution in [0.1, 0.15) is 66.0 Å². The number of aliphatic hydroxyl groups excluding tert-OH is 1. The van der Waals surface area contributed by atoms with Crippen LogP contribution in [0.15, 0.2) is 28.0 Å². The van der Waals surface area contributed by atoms with Crippen molar-refractivity contribution in [2.45, 2.75) is 70.0 Å². The van der Waals surface area contributed by atoms with Gasteiger partial charge >= 0.3 is 0 Å². The molecule has 1 fully saturated rings. The van der Waals surface area contributed by atoms with Gasteiger partial charge in [0.15, 0.2) is 0 Å². The Labute approximate surface area is 208 Å². The van der Waals surface area contributed by atoms with Crippen molar-refractivity contribution in [1.29, 1.82) is 0 Å². The smallest absolute Gasteiger partial charge is 0.254 e. The fraction of sp³-hybridized carbons (Fsp3) is 0.480. The number of halogens is 1. The number of hydrogen-bond donors (Lipinski definition) is 3. The van der Waals surface area contributed by atoms with E-state index in [1.807, 2.05) is 26.2 Å². The lowest BCUT2D eigenvalue weighted by Gasteiger charge is -2.32. The number of aryl methyl sites for hydroxylation is 1. The highest BCUT2D eigenvalue weighted by Crippen LogP contribution is 2.37. The predicted octanol–water partition coefficient (Wildman–Crippen LogP) is 4.76. The minimum absolute atomic E-state index is 0.119. The molecule has 0 saturated heterocycles. The number of fused-ring (bicyclic) bond motifs is 1. The third-order valence-corrected chi connectivity index (χ3v) is 8.00. The first kappa shape index (κ1) is 24.8. The second-order valence-corrected chi connectivity index (χ2v) is 10.5. The average molecular weight is 503 g/mol. The van der Waals surface area contributed by atoms with Gasteiger partial charge in [-0.1, -0.05) is 11.6 Å². The molecule has 0 aliphatic heterocycles. The van der Waals surface area contributed by atoms with Gasteiger partial charge in [-0.15, -0.1) is 11.8 Å². The molecule has 0 spiro atoms. The minimum atomic E-state index is -0.261. The lowest BCUT2D eigenvalue weighted by molar-refractivity contribution is 0.0945. The van der Waals surface area contributed by atoms with Crippen LogP contribution in [0.4, 0.5) is 0 Å². The van der Waals surface area contributed by atoms with Gasteiger partial charge in [-0.05, 0) is 70.8 Å². The molecule has 1 atom stereocenters. The van der Waals surface area contributed by atoms with E-state index in [0.29, 0.717) is 27.5 Å². The van der Waals surface area contributed by atoms with Gasteiger partial charge in [0.1, 0.15) is 5.65 Å². The Bertz CT molecular complexity index is 1280. The molecule has 0 radical (unpaired) electrons. The molecule has 182 valence electrons. The summed E-state index contributed by atoms with van der Waals surface area (Å²) in [6.45, 7) is 6.06. The summed E-state index contributed by atoms with van der Waals surface area (Å²) in [4.78, 5) is 34.2. The number of pyridine rings is 2. The first-order valence-electron chi connectivity index (χ1n) is 11.6. The first-order valence-corrected chi connectivity index (χ1v) is 13.2. The molecule has 0 bridgehead atoms. The van der Waals surface area contributed by atoms with Gasteiger partial charge in [-0.25, -0.2) is 4.98 Å². The molecule has 7 nitrogen and oxygen atoms in total. The van der Waals surface area contributed by atoms with Crippen LogP contribution in [-0.4, -0.2) is 37.9 Å². The summed E-state index contributed by atoms with van der Waals surface area (Å²) in [6.07, 6.45) is 6.76. The number of amides is 1. The second kappa shape index (κ2) is 10.1. The lowest BCUT2D eigenvalue weighted by atomic mass is 9.83. The third kappa shape index (κ3) is 4.76. The molecule has 3 aromatic rings. The number of carbonyl (C=O) groups is 1. The van der Waals surface area contributed by atoms with Crippen LogP contribution in [0.3, 0.4) is 0 Å². The van der Waals surface area contributed by atoms with E-state index in [4.69, 9.17) is 11.6 Å². The van der Waals surface area contributed by atoms with Crippen molar-refractivity contribution in [3.8, 4) is 0 Å². The maximum absolute atomic E-state index is 13.4. The molecule has 0 unspecified atom stereocenters. The van der Waals surface area contributed by atoms with Gasteiger partial charge in [-0.3, -0.25) is 9.59 Å². The third-order valence-electron chi connectivity index (χ3n) is 6.99. The molecule has 1 aliphatic carbocycles. The van der Waals surface area contributed by atoms with Gasteiger partial charge in [-0.2, -0.15) is 0 Å². The van der Waals surface area contributed by atoms with Crippen molar-refractivity contribution in [2.24, 2.45) is 5.92 Å². The van der Waals surface area contributed by atoms with Crippen molar-refractivity contribution >= 4 is 40.3 Å². The fourth-order valence-corrected chi connectivity index (χ4v) is 6.02. The Morgan fingerprint density at radius 1 is 1.32 bits per heavy atom. The molecule has 1 aliphatic rings. The Morgan fingerprint density at radius 3 is 2.71 bits per heavy atom. The Morgan fingerprint density at radius 2 is 2.03 bits per heavy atom. The van der Waals surface area contributed by atoms with Crippen molar-refractivity contribution < 1.29 is 9.90 Å². The topological polar surface area (TPSA) is 100 Å². The predicted molar refractivity (Wildman–Crippen MR) is 137 cm³/mol. The normalized spacial score (nSPS) is 19.4. The molecule has 1 amide bonds. The molecule has 4 rings (SSSR count). The van der Waals surface area contributed by atoms with E-state index in [0.717, 1.165) is 47.6 Å². The number of nitrogens with zero attached hydrogens (tertiary/aromatic N) is 2. The van der Waals surface area contributed by atoms with Crippen LogP contribution < -0.4 is 10.9 Å². The quantitative estimate of drug-likeness (QED) is 0.422. The molecule has 9 heteroatoms. The maximum Gasteiger partial charge on any atom is 0.254 e. The van der Waals surface area contributed by atoms with Crippen molar-refractivity contribution in [1.82, 2.24) is 19.9 Å². The zero-order valence-electron chi connectivity index (χ0n) is 19.9. The number of H-pyrrole nitrogens is 1. The van der Waals surface area contributed by atoms with Crippen molar-refractivity contribution in [2.75, 3.05) is 6.26 Å². The molecule has 3 N–H and O–H groups in total. The van der Waals surface area contributed by atoms with Crippen molar-refractivity contribution in [3.05, 3.63) is 56.2 Å². The highest BCUT2D eigenvalue weighted by atomic mass is 35.5. The summed E-state index contributed by atoms with van der Waals surface area (Å²) in [5, 5.41) is 14.0. The molecule has 3 heterocycles. The van der Waals surface area contributed by atoms with E-state index < -0.39 is 0 Å². The molecule has 1 saturated carbocycles. The van der Waals surface area contributed by atoms with Crippen LogP contribution in [0, 0.1) is 19.8 Å². The standard InChI is InChI=1S/C25H31ClN4O3S/c1-13-9-21(34-4)20(24(32)29-13)12-28-25(33)22-15(3)30(23-19(22)10-17(26)11-27-23)14(2)16-5-7-18(31)8-6-16/h9-11,14,16,18,31H,5-8,12H2,1-4H3,(H,28,33)(H,29,32)/t14-,16?,18?/m1/s1. The maximum atomic E-state index is 13.4. The molecule has 0 aromatic carbocycles. The van der Waals surface area contributed by atoms with Crippen LogP contribution >= 0.6 is 23.4 Å². The molecular formula is C25H31ClN4O3S. The van der Waals surface area contributed by atoms with Crippen LogP contribution in [0.5, 0.6) is 0 Å². The number of nitrogens with one attached hydrogen (secondary N) is 2. The van der Waals surface area contributed by atoms with E-state index in [9.17, 15) is 14.7 Å². The van der Waals surface area contributed by atoms with Gasteiger partial charge < -0.3 is 20.0 Å². The zero-order valence-corrected chi connectivity index (χ0v) is 21.5. The fourth-order valence-electron chi connectivity index (χ4n) is 5.15. The van der Waals surface area contributed by atoms with Crippen LogP contribution in [0.2, 0.25) is 5.02 Å². The van der Waals surface area contributed by atoms with Crippen LogP contribution in [-0.2, 0) is 6.54 Å². The number of aliphatic hydroxyl groups is 1. The van der Waals surface area contributed by atoms with E-state index in [1.54, 1.807) is 12.3 Å². The zero-order chi connectivity index (χ0) is 24.6. The molecule has 3 aromatic heterocycles. The summed E-state index contributed by atoms with van der Waals surface area (Å²) >= 11 is 7.75. The van der Waals surface area contributed by atoms with Crippen LogP contribution in [0.25, 0.3) is 11.0 Å². The van der Waals surface area contributed by atoms with Gasteiger partial charge in [0.2, 0.25) is 0 Å². The molecular weight excluding hydrogens is 472 g/mol. The number of hydrogen-bond acceptors (Lipinski definition) is 5. The van der Waals surface area contributed by atoms with Gasteiger partial charge in [0, 0.05) is 46.0 Å². The number of rotatable bonds is 6. The Balaban J connectivity index is 1.69. The Kier molecular flexibility index (Phi) is 7.40. The first-order chi connectivity index (χ1) is 16.2. The largest absolute Gasteiger partial charge is 0.393 e. The summed E-state index contributed by atoms with van der Waals surface area (Å²) in [5.74, 6) is 0.130. The van der Waals surface area contributed by atoms with E-state index in [2.05, 4.69) is 26.8 Å². The highest BCUT2D eigenvalue weighted by Gasteiger charge is 2.30. The SMILES string of the molecule is CSc1cc(C)[nH]c(=O)c1CNC(=O)c1c(C)n([C@H](C)C2CCC(O)CC2)c2ncc(Cl)cc12. The summed E-state index contributed by atoms with van der Waals surface area (Å²) < 4.78 is 2.13. The number of thioether (sulfide) groups is 1. The minimum Gasteiger partial charge on any atom is -0.393 e. The van der Waals surface area contributed by atoms with E-state index >= 15 is 0 Å². The summed E-state index contributed by atoms with van der Waals surface area (Å²) in [7, 11) is 0. The Hall–Kier alpha value is -2.29. The van der Waals surface area contributed by atoms with Gasteiger partial charge in [0.05, 0.1) is 16.7 Å². The van der Waals surface area contributed by atoms with Gasteiger partial charge in [0.25, 0.3) is 11.5 Å².